The third kappa shape index (κ3) is 4.42. The number of benzene rings is 1. The zero-order valence-corrected chi connectivity index (χ0v) is 17.2. The van der Waals surface area contributed by atoms with Gasteiger partial charge in [-0.05, 0) is 58.0 Å². The van der Waals surface area contributed by atoms with E-state index in [0.717, 1.165) is 35.0 Å². The van der Waals surface area contributed by atoms with E-state index >= 15 is 0 Å². The molecule has 0 spiro atoms. The number of amides is 1. The maximum atomic E-state index is 12.6. The van der Waals surface area contributed by atoms with Crippen molar-refractivity contribution >= 4 is 17.2 Å². The second-order valence-corrected chi connectivity index (χ2v) is 7.82. The van der Waals surface area contributed by atoms with Gasteiger partial charge < -0.3 is 19.7 Å². The second-order valence-electron chi connectivity index (χ2n) is 6.82. The number of nitrogens with one attached hydrogen (secondary N) is 1. The number of carbonyl (C=O) groups excluding carboxylic acids is 1. The van der Waals surface area contributed by atoms with Crippen LogP contribution in [-0.2, 0) is 0 Å². The lowest BCUT2D eigenvalue weighted by atomic mass is 10.1. The van der Waals surface area contributed by atoms with Gasteiger partial charge in [0, 0.05) is 12.6 Å². The van der Waals surface area contributed by atoms with E-state index < -0.39 is 0 Å². The molecule has 3 rings (SSSR count). The molecule has 1 atom stereocenters. The van der Waals surface area contributed by atoms with Gasteiger partial charge in [0.2, 0.25) is 0 Å². The second kappa shape index (κ2) is 8.71. The largest absolute Gasteiger partial charge is 0.497 e. The minimum Gasteiger partial charge on any atom is -0.497 e. The first-order valence-corrected chi connectivity index (χ1v) is 10.0. The molecule has 0 aliphatic carbocycles. The lowest BCUT2D eigenvalue weighted by Crippen LogP contribution is -2.31. The predicted molar refractivity (Wildman–Crippen MR) is 108 cm³/mol. The van der Waals surface area contributed by atoms with Crippen LogP contribution in [0.1, 0.15) is 34.6 Å². The summed E-state index contributed by atoms with van der Waals surface area (Å²) in [5.74, 6) is 1.38. The highest BCUT2D eigenvalue weighted by molar-refractivity contribution is 7.17. The summed E-state index contributed by atoms with van der Waals surface area (Å²) < 4.78 is 10.8. The van der Waals surface area contributed by atoms with Crippen LogP contribution in [0.2, 0.25) is 0 Å². The van der Waals surface area contributed by atoms with Crippen molar-refractivity contribution in [1.82, 2.24) is 15.2 Å². The fourth-order valence-electron chi connectivity index (χ4n) is 3.48. The highest BCUT2D eigenvalue weighted by Gasteiger charge is 2.22. The number of likely N-dealkylation sites (tertiary alicyclic amines) is 1. The highest BCUT2D eigenvalue weighted by Crippen LogP contribution is 2.36. The van der Waals surface area contributed by atoms with Gasteiger partial charge >= 0.3 is 0 Å². The first kappa shape index (κ1) is 19.6. The van der Waals surface area contributed by atoms with Crippen LogP contribution in [0.3, 0.4) is 0 Å². The molecule has 146 valence electrons. The third-order valence-electron chi connectivity index (χ3n) is 5.07. The van der Waals surface area contributed by atoms with Crippen LogP contribution in [0.5, 0.6) is 11.5 Å². The maximum Gasteiger partial charge on any atom is 0.263 e. The number of rotatable bonds is 7. The number of hydrogen-bond acceptors (Lipinski definition) is 6. The molecule has 1 aromatic heterocycles. The third-order valence-corrected chi connectivity index (χ3v) is 6.26. The Bertz CT molecular complexity index is 806. The van der Waals surface area contributed by atoms with E-state index in [1.807, 2.05) is 25.1 Å². The van der Waals surface area contributed by atoms with Gasteiger partial charge in [0.1, 0.15) is 21.4 Å². The molecule has 0 radical (unpaired) electrons. The van der Waals surface area contributed by atoms with Gasteiger partial charge in [-0.2, -0.15) is 0 Å². The minimum absolute atomic E-state index is 0.0567. The normalized spacial score (nSPS) is 17.1. The summed E-state index contributed by atoms with van der Waals surface area (Å²) in [4.78, 5) is 20.3. The Morgan fingerprint density at radius 2 is 2.19 bits per heavy atom. The van der Waals surface area contributed by atoms with Crippen molar-refractivity contribution in [2.75, 3.05) is 34.4 Å². The number of hydrogen-bond donors (Lipinski definition) is 1. The zero-order chi connectivity index (χ0) is 19.4. The summed E-state index contributed by atoms with van der Waals surface area (Å²) in [7, 11) is 5.40. The summed E-state index contributed by atoms with van der Waals surface area (Å²) in [5, 5.41) is 3.81. The van der Waals surface area contributed by atoms with Crippen LogP contribution in [-0.4, -0.2) is 56.2 Å². The lowest BCUT2D eigenvalue weighted by molar-refractivity contribution is 0.0953. The van der Waals surface area contributed by atoms with E-state index in [-0.39, 0.29) is 5.91 Å². The summed E-state index contributed by atoms with van der Waals surface area (Å²) in [6.07, 6.45) is 3.44. The van der Waals surface area contributed by atoms with Gasteiger partial charge in [0.25, 0.3) is 5.91 Å². The number of carbonyl (C=O) groups is 1. The lowest BCUT2D eigenvalue weighted by Gasteiger charge is -2.19. The molecular weight excluding hydrogens is 362 g/mol. The molecule has 1 fully saturated rings. The van der Waals surface area contributed by atoms with Crippen molar-refractivity contribution in [3.63, 3.8) is 0 Å². The monoisotopic (exact) mass is 389 g/mol. The molecule has 0 saturated carbocycles. The van der Waals surface area contributed by atoms with Crippen LogP contribution >= 0.6 is 11.3 Å². The Morgan fingerprint density at radius 1 is 1.37 bits per heavy atom. The molecule has 0 bridgehead atoms. The van der Waals surface area contributed by atoms with E-state index in [2.05, 4.69) is 22.2 Å². The predicted octanol–water partition coefficient (Wildman–Crippen LogP) is 3.35. The van der Waals surface area contributed by atoms with Crippen LogP contribution < -0.4 is 14.8 Å². The molecule has 1 N–H and O–H groups in total. The molecule has 2 aromatic rings. The molecule has 1 amide bonds. The molecule has 1 aliphatic rings. The minimum atomic E-state index is -0.0567. The van der Waals surface area contributed by atoms with Crippen LogP contribution in [0.25, 0.3) is 10.6 Å². The van der Waals surface area contributed by atoms with Crippen molar-refractivity contribution in [3.05, 3.63) is 28.8 Å². The molecule has 27 heavy (non-hydrogen) atoms. The molecule has 7 heteroatoms. The molecular formula is C20H27N3O3S. The number of thiazole rings is 1. The van der Waals surface area contributed by atoms with Gasteiger partial charge in [-0.1, -0.05) is 0 Å². The molecule has 6 nitrogen and oxygen atoms in total. The topological polar surface area (TPSA) is 63.7 Å². The van der Waals surface area contributed by atoms with E-state index in [0.29, 0.717) is 23.2 Å². The Labute approximate surface area is 164 Å². The van der Waals surface area contributed by atoms with Gasteiger partial charge in [-0.25, -0.2) is 4.98 Å². The average Bonchev–Trinajstić information content (AvgIpc) is 3.26. The SMILES string of the molecule is COc1ccc(OC)c(-c2nc(C)c(C(=O)NCCC3CCCN3C)s2)c1. The number of nitrogens with zero attached hydrogens (tertiary/aromatic N) is 2. The molecule has 1 aliphatic heterocycles. The Balaban J connectivity index is 1.71. The quantitative estimate of drug-likeness (QED) is 0.787. The number of aromatic nitrogens is 1. The smallest absolute Gasteiger partial charge is 0.263 e. The first-order chi connectivity index (χ1) is 13.0. The summed E-state index contributed by atoms with van der Waals surface area (Å²) in [5.41, 5.74) is 1.56. The molecule has 1 saturated heterocycles. The Hall–Kier alpha value is -2.12. The van der Waals surface area contributed by atoms with Crippen molar-refractivity contribution in [3.8, 4) is 22.1 Å². The maximum absolute atomic E-state index is 12.6. The van der Waals surface area contributed by atoms with Crippen LogP contribution in [0.4, 0.5) is 0 Å². The van der Waals surface area contributed by atoms with Gasteiger partial charge in [-0.3, -0.25) is 4.79 Å². The van der Waals surface area contributed by atoms with Crippen molar-refractivity contribution in [2.24, 2.45) is 0 Å². The Kier molecular flexibility index (Phi) is 6.34. The highest BCUT2D eigenvalue weighted by atomic mass is 32.1. The number of methoxy groups -OCH3 is 2. The summed E-state index contributed by atoms with van der Waals surface area (Å²) in [6.45, 7) is 3.70. The number of ether oxygens (including phenoxy) is 2. The van der Waals surface area contributed by atoms with E-state index in [4.69, 9.17) is 9.47 Å². The summed E-state index contributed by atoms with van der Waals surface area (Å²) >= 11 is 1.38. The average molecular weight is 390 g/mol. The van der Waals surface area contributed by atoms with Crippen molar-refractivity contribution in [2.45, 2.75) is 32.2 Å². The van der Waals surface area contributed by atoms with Gasteiger partial charge in [0.15, 0.2) is 0 Å². The Morgan fingerprint density at radius 3 is 2.85 bits per heavy atom. The van der Waals surface area contributed by atoms with Crippen molar-refractivity contribution in [1.29, 1.82) is 0 Å². The first-order valence-electron chi connectivity index (χ1n) is 9.21. The van der Waals surface area contributed by atoms with Gasteiger partial charge in [0.05, 0.1) is 25.5 Å². The molecule has 1 aromatic carbocycles. The molecule has 1 unspecified atom stereocenters. The van der Waals surface area contributed by atoms with Crippen LogP contribution in [0, 0.1) is 6.92 Å². The fourth-order valence-corrected chi connectivity index (χ4v) is 4.48. The zero-order valence-electron chi connectivity index (χ0n) is 16.4. The van der Waals surface area contributed by atoms with E-state index in [1.165, 1.54) is 24.2 Å². The van der Waals surface area contributed by atoms with Crippen molar-refractivity contribution < 1.29 is 14.3 Å². The van der Waals surface area contributed by atoms with Gasteiger partial charge in [-0.15, -0.1) is 11.3 Å². The number of aryl methyl sites for hydroxylation is 1. The van der Waals surface area contributed by atoms with Crippen LogP contribution in [0.15, 0.2) is 18.2 Å². The van der Waals surface area contributed by atoms with E-state index in [9.17, 15) is 4.79 Å². The summed E-state index contributed by atoms with van der Waals surface area (Å²) in [6, 6.07) is 6.15. The van der Waals surface area contributed by atoms with E-state index in [1.54, 1.807) is 14.2 Å². The standard InChI is InChI=1S/C20H27N3O3S/c1-13-18(19(24)21-10-9-14-6-5-11-23(14)2)27-20(22-13)16-12-15(25-3)7-8-17(16)26-4/h7-8,12,14H,5-6,9-11H2,1-4H3,(H,21,24). The molecule has 2 heterocycles. The fraction of sp³-hybridized carbons (Fsp3) is 0.500.